The zero-order valence-electron chi connectivity index (χ0n) is 43.5. The molecular weight excluding hydrogens is 937 g/mol. The van der Waals surface area contributed by atoms with Gasteiger partial charge in [-0.15, -0.1) is 0 Å². The largest absolute Gasteiger partial charge is 0.493 e. The van der Waals surface area contributed by atoms with Crippen LogP contribution in [0.4, 0.5) is 10.5 Å². The van der Waals surface area contributed by atoms with Crippen molar-refractivity contribution in [2.75, 3.05) is 31.8 Å². The van der Waals surface area contributed by atoms with E-state index in [1.807, 2.05) is 62.2 Å². The van der Waals surface area contributed by atoms with Crippen molar-refractivity contribution in [1.29, 1.82) is 0 Å². The number of methoxy groups -OCH3 is 1. The minimum Gasteiger partial charge on any atom is -0.493 e. The Kier molecular flexibility index (Phi) is 14.6. The van der Waals surface area contributed by atoms with Crippen LogP contribution in [-0.4, -0.2) is 95.7 Å². The molecule has 1 spiro atoms. The number of nitrogens with zero attached hydrogens (tertiary/aromatic N) is 3. The molecule has 0 radical (unpaired) electrons. The summed E-state index contributed by atoms with van der Waals surface area (Å²) in [6, 6.07) is 21.7. The first-order valence-corrected chi connectivity index (χ1v) is 26.8. The van der Waals surface area contributed by atoms with Gasteiger partial charge in [-0.2, -0.15) is 0 Å². The zero-order chi connectivity index (χ0) is 51.8. The van der Waals surface area contributed by atoms with Gasteiger partial charge in [0.2, 0.25) is 5.91 Å². The average molecular weight is 1010 g/mol. The number of aryl methyl sites for hydroxylation is 3. The lowest BCUT2D eigenvalue weighted by Gasteiger charge is -2.31. The molecule has 0 bridgehead atoms. The van der Waals surface area contributed by atoms with Gasteiger partial charge in [-0.25, -0.2) is 9.69 Å². The molecule has 14 nitrogen and oxygen atoms in total. The van der Waals surface area contributed by atoms with Crippen LogP contribution in [0.1, 0.15) is 139 Å². The molecule has 4 heterocycles. The first kappa shape index (κ1) is 50.8. The maximum Gasteiger partial charge on any atom is 0.416 e. The number of ketones is 1. The standard InChI is InChI=1S/C60H70N4O10/c1-6-37(3)54(61-55(66)42-10-7-8-11-42)50(65)27-39-14-16-40(17-15-39)34-74-59(70)64-48-31-51(38(4)26-47(48)57(68)63-35-60(22-23-60)32-49(63)58(64)69)72-24-9-25-73-53-29-43-20-21-45-28-44(41-18-12-36(2)13-19-41)33-62(45)56(67)46(43)30-52(53)71-5/h12-19,26,29-31,33,37,42,45,49,54,58,69H,6-11,20-25,27-28,32,34-35H2,1-5H3,(H,61,66)/t37-,45+,49-,54-,58?/m0/s1. The monoisotopic (exact) mass is 1010 g/mol. The molecule has 390 valence electrons. The molecule has 74 heavy (non-hydrogen) atoms. The third-order valence-electron chi connectivity index (χ3n) is 16.7. The third-order valence-corrected chi connectivity index (χ3v) is 16.7. The number of rotatable bonds is 17. The molecule has 14 heteroatoms. The predicted octanol–water partition coefficient (Wildman–Crippen LogP) is 9.66. The van der Waals surface area contributed by atoms with Gasteiger partial charge in [0.1, 0.15) is 12.4 Å². The summed E-state index contributed by atoms with van der Waals surface area (Å²) in [5.74, 6) is 1.07. The van der Waals surface area contributed by atoms with Crippen LogP contribution in [0, 0.1) is 31.1 Å². The van der Waals surface area contributed by atoms with Crippen LogP contribution in [0.15, 0.2) is 79.0 Å². The minimum absolute atomic E-state index is 0.00708. The molecule has 4 aliphatic heterocycles. The van der Waals surface area contributed by atoms with E-state index in [9.17, 15) is 29.1 Å². The van der Waals surface area contributed by atoms with Gasteiger partial charge < -0.3 is 39.2 Å². The topological polar surface area (TPSA) is 164 Å². The van der Waals surface area contributed by atoms with Crippen LogP contribution in [0.2, 0.25) is 0 Å². The second-order valence-corrected chi connectivity index (χ2v) is 21.8. The van der Waals surface area contributed by atoms with Crippen molar-refractivity contribution in [1.82, 2.24) is 15.1 Å². The molecule has 2 aliphatic carbocycles. The van der Waals surface area contributed by atoms with Crippen molar-refractivity contribution in [3.05, 3.63) is 124 Å². The summed E-state index contributed by atoms with van der Waals surface area (Å²) in [6.45, 7) is 8.87. The molecule has 1 saturated heterocycles. The quantitative estimate of drug-likeness (QED) is 0.0974. The fraction of sp³-hybridized carbons (Fsp3) is 0.483. The van der Waals surface area contributed by atoms with Gasteiger partial charge >= 0.3 is 6.09 Å². The number of nitrogens with one attached hydrogen (secondary N) is 1. The smallest absolute Gasteiger partial charge is 0.416 e. The second kappa shape index (κ2) is 21.3. The number of carbonyl (C=O) groups excluding carboxylic acids is 5. The van der Waals surface area contributed by atoms with E-state index in [-0.39, 0.29) is 84.3 Å². The van der Waals surface area contributed by atoms with E-state index in [1.165, 1.54) is 10.5 Å². The summed E-state index contributed by atoms with van der Waals surface area (Å²) in [5.41, 5.74) is 7.64. The van der Waals surface area contributed by atoms with Gasteiger partial charge in [0, 0.05) is 49.2 Å². The fourth-order valence-electron chi connectivity index (χ4n) is 11.8. The van der Waals surface area contributed by atoms with Crippen molar-refractivity contribution in [2.45, 2.75) is 142 Å². The van der Waals surface area contributed by atoms with Crippen LogP contribution in [0.5, 0.6) is 17.2 Å². The van der Waals surface area contributed by atoms with Gasteiger partial charge in [0.05, 0.1) is 43.7 Å². The Morgan fingerprint density at radius 2 is 1.57 bits per heavy atom. The maximum absolute atomic E-state index is 14.3. The van der Waals surface area contributed by atoms with Crippen molar-refractivity contribution < 1.29 is 48.0 Å². The molecule has 3 fully saturated rings. The minimum atomic E-state index is -1.37. The second-order valence-electron chi connectivity index (χ2n) is 21.8. The maximum atomic E-state index is 14.3. The SMILES string of the molecule is CC[C@H](C)[C@H](NC(=O)C1CCCC1)C(=O)Cc1ccc(COC(=O)N2c3cc(OCCCOc4cc5c(cc4OC)C(=O)N4C=C(c6ccc(C)cc6)C[C@H]4CC5)c(C)cc3C(=O)N3CC4(CC4)C[C@H]3C2O)cc1. The number of fused-ring (bicyclic) bond motifs is 4. The van der Waals surface area contributed by atoms with Crippen LogP contribution in [0.25, 0.3) is 5.57 Å². The zero-order valence-corrected chi connectivity index (χ0v) is 43.5. The fourth-order valence-corrected chi connectivity index (χ4v) is 11.8. The average Bonchev–Trinajstić information content (AvgIpc) is 3.69. The summed E-state index contributed by atoms with van der Waals surface area (Å²) in [6.07, 6.45) is 9.89. The Labute approximate surface area is 434 Å². The Hall–Kier alpha value is -6.67. The lowest BCUT2D eigenvalue weighted by molar-refractivity contribution is -0.131. The van der Waals surface area contributed by atoms with Gasteiger partial charge in [-0.1, -0.05) is 87.2 Å². The van der Waals surface area contributed by atoms with E-state index in [1.54, 1.807) is 30.2 Å². The summed E-state index contributed by atoms with van der Waals surface area (Å²) >= 11 is 0. The number of hydrogen-bond donors (Lipinski definition) is 2. The number of aliphatic hydroxyl groups is 1. The lowest BCUT2D eigenvalue weighted by Crippen LogP contribution is -2.50. The number of Topliss-reactive ketones (excluding diaryl/α,β-unsaturated/α-hetero) is 1. The molecule has 5 atom stereocenters. The molecular formula is C60H70N4O10. The van der Waals surface area contributed by atoms with E-state index in [0.29, 0.717) is 53.3 Å². The molecule has 1 unspecified atom stereocenters. The van der Waals surface area contributed by atoms with Gasteiger partial charge in [0.25, 0.3) is 11.8 Å². The summed E-state index contributed by atoms with van der Waals surface area (Å²) in [4.78, 5) is 74.1. The van der Waals surface area contributed by atoms with E-state index < -0.39 is 24.4 Å². The molecule has 0 aromatic heterocycles. The highest BCUT2D eigenvalue weighted by atomic mass is 16.6. The predicted molar refractivity (Wildman–Crippen MR) is 280 cm³/mol. The summed E-state index contributed by atoms with van der Waals surface area (Å²) in [5, 5.41) is 15.2. The highest BCUT2D eigenvalue weighted by molar-refractivity contribution is 6.06. The molecule has 4 amide bonds. The normalized spacial score (nSPS) is 21.4. The molecule has 2 saturated carbocycles. The Bertz CT molecular complexity index is 2830. The van der Waals surface area contributed by atoms with Crippen LogP contribution < -0.4 is 24.4 Å². The van der Waals surface area contributed by atoms with E-state index in [4.69, 9.17) is 18.9 Å². The van der Waals surface area contributed by atoms with Crippen LogP contribution in [0.3, 0.4) is 0 Å². The Balaban J connectivity index is 0.790. The lowest BCUT2D eigenvalue weighted by atomic mass is 9.91. The first-order valence-electron chi connectivity index (χ1n) is 26.8. The molecule has 6 aliphatic rings. The van der Waals surface area contributed by atoms with Crippen molar-refractivity contribution in [3.63, 3.8) is 0 Å². The van der Waals surface area contributed by atoms with Gasteiger partial charge in [-0.05, 0) is 128 Å². The van der Waals surface area contributed by atoms with Crippen LogP contribution in [-0.2, 0) is 33.8 Å². The number of aliphatic hydroxyl groups excluding tert-OH is 1. The van der Waals surface area contributed by atoms with Crippen molar-refractivity contribution in [3.8, 4) is 17.2 Å². The van der Waals surface area contributed by atoms with E-state index in [2.05, 4.69) is 36.5 Å². The number of anilines is 1. The first-order chi connectivity index (χ1) is 35.7. The number of carbonyl (C=O) groups is 5. The highest BCUT2D eigenvalue weighted by Gasteiger charge is 2.58. The number of ether oxygens (including phenoxy) is 4. The number of amides is 4. The molecule has 4 aromatic carbocycles. The summed E-state index contributed by atoms with van der Waals surface area (Å²) in [7, 11) is 1.57. The van der Waals surface area contributed by atoms with E-state index in [0.717, 1.165) is 86.5 Å². The van der Waals surface area contributed by atoms with Crippen molar-refractivity contribution >= 4 is 40.9 Å². The third kappa shape index (κ3) is 10.4. The van der Waals surface area contributed by atoms with Gasteiger partial charge in [-0.3, -0.25) is 19.2 Å². The van der Waals surface area contributed by atoms with Gasteiger partial charge in [0.15, 0.2) is 23.5 Å². The Morgan fingerprint density at radius 3 is 2.27 bits per heavy atom. The highest BCUT2D eigenvalue weighted by Crippen LogP contribution is 2.57. The van der Waals surface area contributed by atoms with Crippen molar-refractivity contribution in [2.24, 2.45) is 17.3 Å². The number of hydrogen-bond acceptors (Lipinski definition) is 10. The Morgan fingerprint density at radius 1 is 0.851 bits per heavy atom. The summed E-state index contributed by atoms with van der Waals surface area (Å²) < 4.78 is 24.3. The number of benzene rings is 4. The van der Waals surface area contributed by atoms with Crippen LogP contribution >= 0.6 is 0 Å². The molecule has 2 N–H and O–H groups in total. The molecule has 4 aromatic rings. The molecule has 10 rings (SSSR count). The van der Waals surface area contributed by atoms with E-state index >= 15 is 0 Å².